The van der Waals surface area contributed by atoms with Gasteiger partial charge in [-0.15, -0.1) is 0 Å². The Bertz CT molecular complexity index is 349. The second-order valence-electron chi connectivity index (χ2n) is 5.65. The second-order valence-corrected chi connectivity index (χ2v) is 5.65. The van der Waals surface area contributed by atoms with Crippen LogP contribution in [0.15, 0.2) is 12.4 Å². The Hall–Kier alpha value is -0.870. The number of fused-ring (bicyclic) bond motifs is 1. The zero-order chi connectivity index (χ0) is 12.2. The molecule has 0 saturated carbocycles. The monoisotopic (exact) mass is 248 g/mol. The van der Waals surface area contributed by atoms with Gasteiger partial charge in [-0.2, -0.15) is 0 Å². The lowest BCUT2D eigenvalue weighted by molar-refractivity contribution is 0.167. The van der Waals surface area contributed by atoms with E-state index in [1.54, 1.807) is 0 Å². The van der Waals surface area contributed by atoms with Gasteiger partial charge in [-0.3, -0.25) is 0 Å². The third-order valence-corrected chi connectivity index (χ3v) is 4.40. The molecule has 2 N–H and O–H groups in total. The van der Waals surface area contributed by atoms with Crippen molar-refractivity contribution in [2.24, 2.45) is 0 Å². The van der Waals surface area contributed by atoms with E-state index >= 15 is 0 Å². The van der Waals surface area contributed by atoms with Gasteiger partial charge >= 0.3 is 0 Å². The number of H-pyrrole nitrogens is 1. The molecule has 18 heavy (non-hydrogen) atoms. The standard InChI is InChI=1S/C14H24N4/c1(4-14-16-7-8-17-14)6-15-12-5-10-18-9-2-3-13(18)11-12/h7-8,12-13,15H,1-6,9-11H2,(H,16,17). The van der Waals surface area contributed by atoms with E-state index in [1.807, 2.05) is 12.4 Å². The molecular formula is C14H24N4. The second kappa shape index (κ2) is 5.85. The maximum Gasteiger partial charge on any atom is 0.106 e. The predicted octanol–water partition coefficient (Wildman–Crippen LogP) is 1.56. The summed E-state index contributed by atoms with van der Waals surface area (Å²) in [6.07, 6.45) is 11.5. The van der Waals surface area contributed by atoms with Gasteiger partial charge in [0.15, 0.2) is 0 Å². The molecule has 100 valence electrons. The topological polar surface area (TPSA) is 44.0 Å². The lowest BCUT2D eigenvalue weighted by Crippen LogP contribution is -2.45. The maximum absolute atomic E-state index is 4.25. The zero-order valence-electron chi connectivity index (χ0n) is 11.1. The third-order valence-electron chi connectivity index (χ3n) is 4.40. The van der Waals surface area contributed by atoms with E-state index in [0.29, 0.717) is 0 Å². The predicted molar refractivity (Wildman–Crippen MR) is 72.5 cm³/mol. The zero-order valence-corrected chi connectivity index (χ0v) is 11.1. The van der Waals surface area contributed by atoms with Crippen molar-refractivity contribution < 1.29 is 0 Å². The molecule has 2 saturated heterocycles. The number of hydrogen-bond acceptors (Lipinski definition) is 3. The average molecular weight is 248 g/mol. The molecule has 0 radical (unpaired) electrons. The lowest BCUT2D eigenvalue weighted by atomic mass is 9.97. The largest absolute Gasteiger partial charge is 0.349 e. The van der Waals surface area contributed by atoms with Crippen molar-refractivity contribution in [1.82, 2.24) is 20.2 Å². The van der Waals surface area contributed by atoms with Gasteiger partial charge in [0, 0.05) is 30.9 Å². The van der Waals surface area contributed by atoms with Gasteiger partial charge in [-0.25, -0.2) is 4.98 Å². The van der Waals surface area contributed by atoms with Crippen LogP contribution in [0.3, 0.4) is 0 Å². The molecule has 0 amide bonds. The Morgan fingerprint density at radius 3 is 3.28 bits per heavy atom. The van der Waals surface area contributed by atoms with E-state index < -0.39 is 0 Å². The Kier molecular flexibility index (Phi) is 3.96. The molecule has 2 atom stereocenters. The molecule has 2 aliphatic heterocycles. The molecule has 0 aliphatic carbocycles. The fourth-order valence-corrected chi connectivity index (χ4v) is 3.41. The van der Waals surface area contributed by atoms with Crippen molar-refractivity contribution in [3.05, 3.63) is 18.2 Å². The van der Waals surface area contributed by atoms with Crippen LogP contribution in [0, 0.1) is 0 Å². The number of aromatic nitrogens is 2. The molecule has 2 unspecified atom stereocenters. The minimum absolute atomic E-state index is 0.751. The number of aromatic amines is 1. The van der Waals surface area contributed by atoms with Crippen molar-refractivity contribution >= 4 is 0 Å². The quantitative estimate of drug-likeness (QED) is 0.777. The molecule has 2 fully saturated rings. The maximum atomic E-state index is 4.25. The van der Waals surface area contributed by atoms with Crippen LogP contribution in [0.4, 0.5) is 0 Å². The van der Waals surface area contributed by atoms with Crippen molar-refractivity contribution in [1.29, 1.82) is 0 Å². The Balaban J connectivity index is 1.34. The number of aryl methyl sites for hydroxylation is 1. The summed E-state index contributed by atoms with van der Waals surface area (Å²) >= 11 is 0. The normalized spacial score (nSPS) is 28.4. The third kappa shape index (κ3) is 2.93. The van der Waals surface area contributed by atoms with Crippen LogP contribution in [0.5, 0.6) is 0 Å². The smallest absolute Gasteiger partial charge is 0.106 e. The number of rotatable bonds is 5. The fraction of sp³-hybridized carbons (Fsp3) is 0.786. The molecule has 1 aromatic rings. The summed E-state index contributed by atoms with van der Waals surface area (Å²) in [6.45, 7) is 3.77. The number of hydrogen-bond donors (Lipinski definition) is 2. The highest BCUT2D eigenvalue weighted by Gasteiger charge is 2.31. The molecule has 4 heteroatoms. The van der Waals surface area contributed by atoms with Crippen LogP contribution in [-0.4, -0.2) is 46.6 Å². The van der Waals surface area contributed by atoms with Crippen molar-refractivity contribution in [2.75, 3.05) is 19.6 Å². The SMILES string of the molecule is c1c[nH]c(CCCNC2CCN3CCCC3C2)n1. The van der Waals surface area contributed by atoms with Gasteiger partial charge in [0.2, 0.25) is 0 Å². The lowest BCUT2D eigenvalue weighted by Gasteiger charge is -2.35. The molecule has 1 aromatic heterocycles. The number of piperidine rings is 1. The summed E-state index contributed by atoms with van der Waals surface area (Å²) in [4.78, 5) is 10.1. The Morgan fingerprint density at radius 1 is 1.39 bits per heavy atom. The molecule has 0 bridgehead atoms. The average Bonchev–Trinajstić information content (AvgIpc) is 3.05. The van der Waals surface area contributed by atoms with E-state index in [9.17, 15) is 0 Å². The summed E-state index contributed by atoms with van der Waals surface area (Å²) in [7, 11) is 0. The van der Waals surface area contributed by atoms with Gasteiger partial charge in [0.25, 0.3) is 0 Å². The summed E-state index contributed by atoms with van der Waals surface area (Å²) < 4.78 is 0. The highest BCUT2D eigenvalue weighted by Crippen LogP contribution is 2.26. The molecule has 0 aromatic carbocycles. The minimum Gasteiger partial charge on any atom is -0.349 e. The van der Waals surface area contributed by atoms with E-state index in [4.69, 9.17) is 0 Å². The van der Waals surface area contributed by atoms with E-state index in [2.05, 4.69) is 20.2 Å². The molecule has 4 nitrogen and oxygen atoms in total. The van der Waals surface area contributed by atoms with Gasteiger partial charge in [0.1, 0.15) is 5.82 Å². The van der Waals surface area contributed by atoms with E-state index in [0.717, 1.165) is 30.9 Å². The Morgan fingerprint density at radius 2 is 2.39 bits per heavy atom. The first-order valence-corrected chi connectivity index (χ1v) is 7.37. The molecule has 2 aliphatic rings. The Labute approximate surface area is 109 Å². The van der Waals surface area contributed by atoms with Gasteiger partial charge in [-0.1, -0.05) is 0 Å². The first-order chi connectivity index (χ1) is 8.92. The van der Waals surface area contributed by atoms with Gasteiger partial charge < -0.3 is 15.2 Å². The van der Waals surface area contributed by atoms with Crippen LogP contribution >= 0.6 is 0 Å². The van der Waals surface area contributed by atoms with Gasteiger partial charge in [-0.05, 0) is 51.7 Å². The first-order valence-electron chi connectivity index (χ1n) is 7.37. The summed E-state index contributed by atoms with van der Waals surface area (Å²) in [5, 5.41) is 3.73. The van der Waals surface area contributed by atoms with Crippen molar-refractivity contribution in [3.8, 4) is 0 Å². The van der Waals surface area contributed by atoms with Crippen LogP contribution in [-0.2, 0) is 6.42 Å². The summed E-state index contributed by atoms with van der Waals surface area (Å²) in [6, 6.07) is 1.63. The molecule has 0 spiro atoms. The molecule has 3 rings (SSSR count). The van der Waals surface area contributed by atoms with Crippen molar-refractivity contribution in [3.63, 3.8) is 0 Å². The highest BCUT2D eigenvalue weighted by atomic mass is 15.2. The fourth-order valence-electron chi connectivity index (χ4n) is 3.41. The number of nitrogens with one attached hydrogen (secondary N) is 2. The molecular weight excluding hydrogens is 224 g/mol. The van der Waals surface area contributed by atoms with Crippen LogP contribution in [0.2, 0.25) is 0 Å². The first kappa shape index (κ1) is 12.2. The van der Waals surface area contributed by atoms with Gasteiger partial charge in [0.05, 0.1) is 0 Å². The van der Waals surface area contributed by atoms with E-state index in [-0.39, 0.29) is 0 Å². The number of nitrogens with zero attached hydrogens (tertiary/aromatic N) is 2. The minimum atomic E-state index is 0.751. The summed E-state index contributed by atoms with van der Waals surface area (Å²) in [5.41, 5.74) is 0. The van der Waals surface area contributed by atoms with Crippen LogP contribution in [0.1, 0.15) is 37.9 Å². The number of imidazole rings is 1. The van der Waals surface area contributed by atoms with Crippen molar-refractivity contribution in [2.45, 2.75) is 50.6 Å². The molecule has 3 heterocycles. The highest BCUT2D eigenvalue weighted by molar-refractivity contribution is 4.90. The van der Waals surface area contributed by atoms with E-state index in [1.165, 1.54) is 45.2 Å². The summed E-state index contributed by atoms with van der Waals surface area (Å²) in [5.74, 6) is 1.11. The van der Waals surface area contributed by atoms with Crippen LogP contribution in [0.25, 0.3) is 0 Å². The van der Waals surface area contributed by atoms with Crippen LogP contribution < -0.4 is 5.32 Å².